The molecule has 0 bridgehead atoms. The smallest absolute Gasteiger partial charge is 0.323 e. The summed E-state index contributed by atoms with van der Waals surface area (Å²) in [5.74, 6) is -0.968. The Kier molecular flexibility index (Phi) is 7.38. The number of piperazine rings is 1. The number of hydrogen-bond donors (Lipinski definition) is 1. The summed E-state index contributed by atoms with van der Waals surface area (Å²) in [6.45, 7) is 9.56. The molecule has 1 amide bonds. The maximum atomic E-state index is 13.0. The number of anilines is 1. The number of carboxylic acid groups (broad SMARTS) is 1. The number of amides is 1. The van der Waals surface area contributed by atoms with Gasteiger partial charge in [-0.25, -0.2) is 0 Å². The van der Waals surface area contributed by atoms with Crippen molar-refractivity contribution in [2.45, 2.75) is 27.3 Å². The molecule has 2 fully saturated rings. The van der Waals surface area contributed by atoms with Gasteiger partial charge in [0.2, 0.25) is 0 Å². The number of aromatic nitrogens is 1. The molecule has 2 aliphatic rings. The van der Waals surface area contributed by atoms with Crippen LogP contribution in [0.4, 0.5) is 5.82 Å². The third kappa shape index (κ3) is 4.44. The van der Waals surface area contributed by atoms with Crippen LogP contribution < -0.4 is 10.5 Å². The summed E-state index contributed by atoms with van der Waals surface area (Å²) in [6, 6.07) is 2.01. The van der Waals surface area contributed by atoms with Crippen LogP contribution >= 0.6 is 24.0 Å². The number of likely N-dealkylation sites (N-methyl/N-ethyl adjacent to an activating group) is 1. The first-order chi connectivity index (χ1) is 15.2. The van der Waals surface area contributed by atoms with Crippen molar-refractivity contribution in [3.8, 4) is 6.07 Å². The number of pyridine rings is 1. The third-order valence-electron chi connectivity index (χ3n) is 5.72. The lowest BCUT2D eigenvalue weighted by atomic mass is 10.0. The molecule has 2 saturated heterocycles. The summed E-state index contributed by atoms with van der Waals surface area (Å²) in [5, 5.41) is 18.7. The molecule has 32 heavy (non-hydrogen) atoms. The van der Waals surface area contributed by atoms with Gasteiger partial charge in [-0.1, -0.05) is 30.9 Å². The first-order valence-corrected chi connectivity index (χ1v) is 11.6. The van der Waals surface area contributed by atoms with Crippen molar-refractivity contribution in [3.05, 3.63) is 31.9 Å². The Labute approximate surface area is 195 Å². The van der Waals surface area contributed by atoms with Gasteiger partial charge in [0.25, 0.3) is 11.5 Å². The van der Waals surface area contributed by atoms with E-state index in [2.05, 4.69) is 16.7 Å². The summed E-state index contributed by atoms with van der Waals surface area (Å²) in [4.78, 5) is 42.8. The summed E-state index contributed by atoms with van der Waals surface area (Å²) in [7, 11) is 0. The predicted octanol–water partition coefficient (Wildman–Crippen LogP) is 1.48. The van der Waals surface area contributed by atoms with Crippen molar-refractivity contribution in [1.29, 1.82) is 5.26 Å². The molecule has 1 aromatic heterocycles. The van der Waals surface area contributed by atoms with Crippen LogP contribution in [-0.4, -0.2) is 74.9 Å². The van der Waals surface area contributed by atoms with Crippen LogP contribution in [0.25, 0.3) is 6.08 Å². The maximum Gasteiger partial charge on any atom is 0.323 e. The van der Waals surface area contributed by atoms with Gasteiger partial charge < -0.3 is 14.9 Å². The monoisotopic (exact) mass is 475 g/mol. The molecule has 0 aliphatic carbocycles. The molecule has 1 aromatic rings. The molecule has 9 nitrogen and oxygen atoms in total. The molecule has 170 valence electrons. The molecule has 3 heterocycles. The lowest BCUT2D eigenvalue weighted by Crippen LogP contribution is -2.48. The molecule has 0 atom stereocenters. The molecule has 11 heteroatoms. The molecule has 3 rings (SSSR count). The second-order valence-corrected chi connectivity index (χ2v) is 9.16. The summed E-state index contributed by atoms with van der Waals surface area (Å²) >= 11 is 6.23. The first kappa shape index (κ1) is 24.0. The highest BCUT2D eigenvalue weighted by Crippen LogP contribution is 2.36. The zero-order valence-corrected chi connectivity index (χ0v) is 19.9. The van der Waals surface area contributed by atoms with Crippen LogP contribution in [0, 0.1) is 18.3 Å². The lowest BCUT2D eigenvalue weighted by Gasteiger charge is -2.37. The third-order valence-corrected chi connectivity index (χ3v) is 7.10. The molecule has 0 aromatic carbocycles. The first-order valence-electron chi connectivity index (χ1n) is 10.3. The summed E-state index contributed by atoms with van der Waals surface area (Å²) in [6.07, 6.45) is 1.64. The SMILES string of the molecule is CCN1CCN(c2c(/C=C3\SC(=S)N(CC(=O)O)C3=O)c(C)c(C#N)c(=O)n2CC)CC1. The average Bonchev–Trinajstić information content (AvgIpc) is 3.02. The topological polar surface area (TPSA) is 110 Å². The van der Waals surface area contributed by atoms with E-state index in [9.17, 15) is 19.6 Å². The van der Waals surface area contributed by atoms with Crippen molar-refractivity contribution >= 4 is 52.1 Å². The maximum absolute atomic E-state index is 13.0. The van der Waals surface area contributed by atoms with Crippen molar-refractivity contribution < 1.29 is 14.7 Å². The lowest BCUT2D eigenvalue weighted by molar-refractivity contribution is -0.140. The van der Waals surface area contributed by atoms with E-state index in [1.165, 1.54) is 0 Å². The number of hydrogen-bond acceptors (Lipinski definition) is 8. The molecule has 1 N–H and O–H groups in total. The Morgan fingerprint density at radius 1 is 1.22 bits per heavy atom. The quantitative estimate of drug-likeness (QED) is 0.483. The zero-order chi connectivity index (χ0) is 23.6. The number of carbonyl (C=O) groups excluding carboxylic acids is 1. The molecule has 0 saturated carbocycles. The number of nitrogens with zero attached hydrogens (tertiary/aromatic N) is 5. The fraction of sp³-hybridized carbons (Fsp3) is 0.476. The number of carboxylic acids is 1. The second-order valence-electron chi connectivity index (χ2n) is 7.48. The van der Waals surface area contributed by atoms with E-state index >= 15 is 0 Å². The Bertz CT molecular complexity index is 1100. The largest absolute Gasteiger partial charge is 0.480 e. The van der Waals surface area contributed by atoms with Gasteiger partial charge in [-0.2, -0.15) is 5.26 Å². The van der Waals surface area contributed by atoms with Crippen molar-refractivity contribution in [3.63, 3.8) is 0 Å². The minimum absolute atomic E-state index is 0.0371. The van der Waals surface area contributed by atoms with Crippen LogP contribution in [0.1, 0.15) is 30.5 Å². The summed E-state index contributed by atoms with van der Waals surface area (Å²) < 4.78 is 1.75. The Balaban J connectivity index is 2.16. The molecular formula is C21H25N5O4S2. The highest BCUT2D eigenvalue weighted by molar-refractivity contribution is 8.26. The molecule has 0 radical (unpaired) electrons. The standard InChI is InChI=1S/C21H25N5O4S2/c1-4-23-6-8-24(9-7-23)18-14(13(3)15(11-22)19(29)25(18)5-2)10-16-20(30)26(12-17(27)28)21(31)32-16/h10H,4-9,12H2,1-3H3,(H,27,28)/b16-10-. The highest BCUT2D eigenvalue weighted by Gasteiger charge is 2.34. The van der Waals surface area contributed by atoms with E-state index in [0.29, 0.717) is 36.6 Å². The number of nitriles is 1. The second kappa shape index (κ2) is 9.85. The average molecular weight is 476 g/mol. The van der Waals surface area contributed by atoms with E-state index in [0.717, 1.165) is 36.3 Å². The van der Waals surface area contributed by atoms with Gasteiger partial charge in [-0.15, -0.1) is 0 Å². The molecule has 0 spiro atoms. The number of thiocarbonyl (C=S) groups is 1. The van der Waals surface area contributed by atoms with E-state index in [-0.39, 0.29) is 20.3 Å². The van der Waals surface area contributed by atoms with Crippen molar-refractivity contribution in [2.75, 3.05) is 44.2 Å². The fourth-order valence-corrected chi connectivity index (χ4v) is 5.19. The summed E-state index contributed by atoms with van der Waals surface area (Å²) in [5.41, 5.74) is 0.799. The Morgan fingerprint density at radius 2 is 1.88 bits per heavy atom. The van der Waals surface area contributed by atoms with Gasteiger partial charge in [0, 0.05) is 38.3 Å². The van der Waals surface area contributed by atoms with Gasteiger partial charge in [0.15, 0.2) is 0 Å². The fourth-order valence-electron chi connectivity index (χ4n) is 3.96. The minimum Gasteiger partial charge on any atom is -0.480 e. The predicted molar refractivity (Wildman–Crippen MR) is 128 cm³/mol. The highest BCUT2D eigenvalue weighted by atomic mass is 32.2. The molecule has 2 aliphatic heterocycles. The van der Waals surface area contributed by atoms with E-state index in [4.69, 9.17) is 17.3 Å². The van der Waals surface area contributed by atoms with Crippen LogP contribution in [-0.2, 0) is 16.1 Å². The van der Waals surface area contributed by atoms with Gasteiger partial charge in [0.1, 0.15) is 28.3 Å². The van der Waals surface area contributed by atoms with Crippen LogP contribution in [0.2, 0.25) is 0 Å². The van der Waals surface area contributed by atoms with Crippen LogP contribution in [0.5, 0.6) is 0 Å². The van der Waals surface area contributed by atoms with E-state index < -0.39 is 18.4 Å². The van der Waals surface area contributed by atoms with Crippen LogP contribution in [0.15, 0.2) is 9.70 Å². The van der Waals surface area contributed by atoms with Crippen molar-refractivity contribution in [1.82, 2.24) is 14.4 Å². The number of aliphatic carboxylic acids is 1. The Hall–Kier alpha value is -2.68. The van der Waals surface area contributed by atoms with Gasteiger partial charge in [-0.3, -0.25) is 23.9 Å². The number of carbonyl (C=O) groups is 2. The number of rotatable bonds is 6. The minimum atomic E-state index is -1.15. The van der Waals surface area contributed by atoms with Gasteiger partial charge in [-0.05, 0) is 32.0 Å². The van der Waals surface area contributed by atoms with Gasteiger partial charge >= 0.3 is 5.97 Å². The zero-order valence-electron chi connectivity index (χ0n) is 18.3. The molecular weight excluding hydrogens is 450 g/mol. The Morgan fingerprint density at radius 3 is 2.41 bits per heavy atom. The number of thioether (sulfide) groups is 1. The van der Waals surface area contributed by atoms with Crippen molar-refractivity contribution in [2.24, 2.45) is 0 Å². The molecule has 0 unspecified atom stereocenters. The van der Waals surface area contributed by atoms with E-state index in [1.807, 2.05) is 13.0 Å². The van der Waals surface area contributed by atoms with Crippen LogP contribution in [0.3, 0.4) is 0 Å². The normalized spacial score (nSPS) is 18.5. The van der Waals surface area contributed by atoms with E-state index in [1.54, 1.807) is 17.6 Å². The van der Waals surface area contributed by atoms with Gasteiger partial charge in [0.05, 0.1) is 4.91 Å².